The van der Waals surface area contributed by atoms with E-state index in [1.165, 1.54) is 0 Å². The van der Waals surface area contributed by atoms with Crippen LogP contribution < -0.4 is 5.73 Å². The SMILES string of the molecule is CCC(N)c1nnc(-c2cc(Br)ccc2Br)o1. The van der Waals surface area contributed by atoms with Crippen molar-refractivity contribution in [3.05, 3.63) is 33.0 Å². The molecule has 0 aliphatic carbocycles. The highest BCUT2D eigenvalue weighted by atomic mass is 79.9. The van der Waals surface area contributed by atoms with Crippen molar-refractivity contribution < 1.29 is 4.42 Å². The van der Waals surface area contributed by atoms with Crippen molar-refractivity contribution in [3.63, 3.8) is 0 Å². The third kappa shape index (κ3) is 2.75. The van der Waals surface area contributed by atoms with Gasteiger partial charge in [-0.15, -0.1) is 10.2 Å². The Hall–Kier alpha value is -0.720. The molecule has 4 nitrogen and oxygen atoms in total. The Balaban J connectivity index is 2.40. The smallest absolute Gasteiger partial charge is 0.249 e. The summed E-state index contributed by atoms with van der Waals surface area (Å²) in [5.74, 6) is 0.937. The molecule has 2 rings (SSSR count). The van der Waals surface area contributed by atoms with Crippen molar-refractivity contribution in [2.75, 3.05) is 0 Å². The summed E-state index contributed by atoms with van der Waals surface area (Å²) in [4.78, 5) is 0. The molecule has 0 amide bonds. The van der Waals surface area contributed by atoms with E-state index >= 15 is 0 Å². The average molecular weight is 361 g/mol. The van der Waals surface area contributed by atoms with Crippen molar-refractivity contribution in [2.24, 2.45) is 5.73 Å². The summed E-state index contributed by atoms with van der Waals surface area (Å²) < 4.78 is 7.42. The topological polar surface area (TPSA) is 64.9 Å². The van der Waals surface area contributed by atoms with Gasteiger partial charge >= 0.3 is 0 Å². The van der Waals surface area contributed by atoms with Crippen LogP contribution >= 0.6 is 31.9 Å². The van der Waals surface area contributed by atoms with Crippen molar-refractivity contribution in [1.29, 1.82) is 0 Å². The zero-order chi connectivity index (χ0) is 12.4. The molecule has 90 valence electrons. The second-order valence-electron chi connectivity index (χ2n) is 3.58. The molecule has 1 unspecified atom stereocenters. The Bertz CT molecular complexity index is 527. The van der Waals surface area contributed by atoms with Crippen LogP contribution in [0.1, 0.15) is 25.3 Å². The monoisotopic (exact) mass is 359 g/mol. The Morgan fingerprint density at radius 2 is 2.12 bits per heavy atom. The Kier molecular flexibility index (Phi) is 3.96. The van der Waals surface area contributed by atoms with E-state index in [2.05, 4.69) is 42.1 Å². The average Bonchev–Trinajstić information content (AvgIpc) is 2.80. The van der Waals surface area contributed by atoms with Crippen molar-refractivity contribution in [3.8, 4) is 11.5 Å². The first-order valence-corrected chi connectivity index (χ1v) is 6.74. The third-order valence-electron chi connectivity index (χ3n) is 2.36. The summed E-state index contributed by atoms with van der Waals surface area (Å²) in [5.41, 5.74) is 6.68. The fourth-order valence-electron chi connectivity index (χ4n) is 1.33. The van der Waals surface area contributed by atoms with Gasteiger partial charge in [0.1, 0.15) is 0 Å². The van der Waals surface area contributed by atoms with Crippen LogP contribution in [0, 0.1) is 0 Å². The minimum absolute atomic E-state index is 0.206. The minimum Gasteiger partial charge on any atom is -0.419 e. The van der Waals surface area contributed by atoms with Gasteiger partial charge in [-0.3, -0.25) is 0 Å². The van der Waals surface area contributed by atoms with E-state index in [9.17, 15) is 0 Å². The zero-order valence-corrected chi connectivity index (χ0v) is 12.3. The number of rotatable bonds is 3. The van der Waals surface area contributed by atoms with E-state index in [1.54, 1.807) is 0 Å². The molecule has 2 N–H and O–H groups in total. The van der Waals surface area contributed by atoms with Crippen LogP contribution in [-0.2, 0) is 0 Å². The van der Waals surface area contributed by atoms with E-state index in [0.29, 0.717) is 11.8 Å². The lowest BCUT2D eigenvalue weighted by molar-refractivity contribution is 0.452. The quantitative estimate of drug-likeness (QED) is 0.906. The van der Waals surface area contributed by atoms with Gasteiger partial charge in [-0.2, -0.15) is 0 Å². The molecular formula is C11H11Br2N3O. The maximum atomic E-state index is 5.84. The van der Waals surface area contributed by atoms with Crippen LogP contribution in [0.3, 0.4) is 0 Å². The van der Waals surface area contributed by atoms with Gasteiger partial charge in [0.25, 0.3) is 0 Å². The molecule has 0 saturated carbocycles. The fraction of sp³-hybridized carbons (Fsp3) is 0.273. The summed E-state index contributed by atoms with van der Waals surface area (Å²) in [6.45, 7) is 1.98. The van der Waals surface area contributed by atoms with Gasteiger partial charge in [0.2, 0.25) is 11.8 Å². The Morgan fingerprint density at radius 1 is 1.35 bits per heavy atom. The number of nitrogens with two attached hydrogens (primary N) is 1. The molecule has 0 fully saturated rings. The van der Waals surface area contributed by atoms with Crippen LogP contribution in [0.25, 0.3) is 11.5 Å². The molecule has 0 saturated heterocycles. The van der Waals surface area contributed by atoms with E-state index in [4.69, 9.17) is 10.2 Å². The van der Waals surface area contributed by atoms with Crippen molar-refractivity contribution in [1.82, 2.24) is 10.2 Å². The van der Waals surface area contributed by atoms with Crippen LogP contribution in [0.5, 0.6) is 0 Å². The van der Waals surface area contributed by atoms with E-state index < -0.39 is 0 Å². The summed E-state index contributed by atoms with van der Waals surface area (Å²) in [6.07, 6.45) is 0.765. The molecule has 1 heterocycles. The predicted molar refractivity (Wildman–Crippen MR) is 72.4 cm³/mol. The molecule has 0 aliphatic rings. The highest BCUT2D eigenvalue weighted by molar-refractivity contribution is 9.11. The molecule has 1 aromatic carbocycles. The molecule has 0 aliphatic heterocycles. The summed E-state index contributed by atoms with van der Waals surface area (Å²) in [6, 6.07) is 5.56. The number of hydrogen-bond acceptors (Lipinski definition) is 4. The molecule has 0 spiro atoms. The molecule has 0 bridgehead atoms. The molecule has 17 heavy (non-hydrogen) atoms. The maximum absolute atomic E-state index is 5.84. The molecule has 6 heteroatoms. The largest absolute Gasteiger partial charge is 0.419 e. The molecule has 1 atom stereocenters. The van der Waals surface area contributed by atoms with Gasteiger partial charge in [-0.05, 0) is 40.5 Å². The van der Waals surface area contributed by atoms with E-state index in [0.717, 1.165) is 20.9 Å². The van der Waals surface area contributed by atoms with Gasteiger partial charge in [0.05, 0.1) is 11.6 Å². The van der Waals surface area contributed by atoms with Gasteiger partial charge in [-0.1, -0.05) is 22.9 Å². The first-order valence-electron chi connectivity index (χ1n) is 5.16. The lowest BCUT2D eigenvalue weighted by atomic mass is 10.2. The number of halogens is 2. The first kappa shape index (κ1) is 12.7. The van der Waals surface area contributed by atoms with Gasteiger partial charge in [-0.25, -0.2) is 0 Å². The fourth-order valence-corrected chi connectivity index (χ4v) is 2.11. The summed E-state index contributed by atoms with van der Waals surface area (Å²) in [7, 11) is 0. The van der Waals surface area contributed by atoms with Crippen LogP contribution in [0.4, 0.5) is 0 Å². The van der Waals surface area contributed by atoms with Crippen molar-refractivity contribution in [2.45, 2.75) is 19.4 Å². The molecular weight excluding hydrogens is 350 g/mol. The molecule has 0 radical (unpaired) electrons. The maximum Gasteiger partial charge on any atom is 0.249 e. The standard InChI is InChI=1S/C11H11Br2N3O/c1-2-9(14)11-16-15-10(17-11)7-5-6(12)3-4-8(7)13/h3-5,9H,2,14H2,1H3. The van der Waals surface area contributed by atoms with E-state index in [-0.39, 0.29) is 6.04 Å². The summed E-state index contributed by atoms with van der Waals surface area (Å²) >= 11 is 6.86. The first-order chi connectivity index (χ1) is 8.11. The third-order valence-corrected chi connectivity index (χ3v) is 3.54. The van der Waals surface area contributed by atoms with Crippen LogP contribution in [-0.4, -0.2) is 10.2 Å². The zero-order valence-electron chi connectivity index (χ0n) is 9.15. The second kappa shape index (κ2) is 5.29. The van der Waals surface area contributed by atoms with Crippen molar-refractivity contribution >= 4 is 31.9 Å². The number of benzene rings is 1. The number of aromatic nitrogens is 2. The number of hydrogen-bond donors (Lipinski definition) is 1. The Labute approximate surface area is 116 Å². The lowest BCUT2D eigenvalue weighted by Crippen LogP contribution is -2.08. The van der Waals surface area contributed by atoms with Gasteiger partial charge < -0.3 is 10.2 Å². The molecule has 1 aromatic heterocycles. The number of nitrogens with zero attached hydrogens (tertiary/aromatic N) is 2. The highest BCUT2D eigenvalue weighted by Gasteiger charge is 2.15. The van der Waals surface area contributed by atoms with E-state index in [1.807, 2.05) is 25.1 Å². The second-order valence-corrected chi connectivity index (χ2v) is 5.35. The Morgan fingerprint density at radius 3 is 2.82 bits per heavy atom. The van der Waals surface area contributed by atoms with Gasteiger partial charge in [0, 0.05) is 8.95 Å². The van der Waals surface area contributed by atoms with Crippen LogP contribution in [0.2, 0.25) is 0 Å². The van der Waals surface area contributed by atoms with Crippen LogP contribution in [0.15, 0.2) is 31.6 Å². The highest BCUT2D eigenvalue weighted by Crippen LogP contribution is 2.30. The normalized spacial score (nSPS) is 12.7. The summed E-state index contributed by atoms with van der Waals surface area (Å²) in [5, 5.41) is 7.97. The predicted octanol–water partition coefficient (Wildman–Crippen LogP) is 3.67. The molecule has 2 aromatic rings. The van der Waals surface area contributed by atoms with Gasteiger partial charge in [0.15, 0.2) is 0 Å². The minimum atomic E-state index is -0.206. The lowest BCUT2D eigenvalue weighted by Gasteiger charge is -2.02.